The van der Waals surface area contributed by atoms with E-state index in [-0.39, 0.29) is 11.7 Å². The zero-order valence-electron chi connectivity index (χ0n) is 19.6. The highest BCUT2D eigenvalue weighted by molar-refractivity contribution is 5.73. The molecule has 18 heteroatoms. The van der Waals surface area contributed by atoms with Crippen molar-refractivity contribution in [2.45, 2.75) is 36.9 Å². The molecule has 39 heavy (non-hydrogen) atoms. The van der Waals surface area contributed by atoms with Gasteiger partial charge in [0.25, 0.3) is 0 Å². The molecule has 0 aliphatic carbocycles. The summed E-state index contributed by atoms with van der Waals surface area (Å²) >= 11 is 0. The first-order valence-electron chi connectivity index (χ1n) is 10.9. The van der Waals surface area contributed by atoms with Gasteiger partial charge in [-0.3, -0.25) is 0 Å². The normalized spacial score (nSPS) is 18.2. The number of carboxylic acids is 2. The molecule has 2 aliphatic rings. The molecule has 0 aromatic carbocycles. The minimum absolute atomic E-state index is 0.138. The Labute approximate surface area is 214 Å². The highest BCUT2D eigenvalue weighted by Gasteiger charge is 2.49. The van der Waals surface area contributed by atoms with Crippen LogP contribution in [0.1, 0.15) is 12.8 Å². The van der Waals surface area contributed by atoms with Gasteiger partial charge >= 0.3 is 24.3 Å². The summed E-state index contributed by atoms with van der Waals surface area (Å²) in [5.41, 5.74) is 0.596. The van der Waals surface area contributed by atoms with Crippen molar-refractivity contribution in [3.05, 3.63) is 42.9 Å². The Morgan fingerprint density at radius 2 is 1.67 bits per heavy atom. The van der Waals surface area contributed by atoms with E-state index in [0.29, 0.717) is 12.5 Å². The minimum Gasteiger partial charge on any atom is -0.475 e. The van der Waals surface area contributed by atoms with Gasteiger partial charge in [-0.05, 0) is 18.2 Å². The molecule has 5 heterocycles. The third kappa shape index (κ3) is 8.13. The second-order valence-corrected chi connectivity index (χ2v) is 8.22. The number of carbonyl (C=O) groups is 2. The van der Waals surface area contributed by atoms with Gasteiger partial charge in [-0.2, -0.15) is 30.9 Å². The number of rotatable bonds is 3. The molecule has 3 aromatic heterocycles. The number of nitrogens with zero attached hydrogens (tertiary/aromatic N) is 6. The topological polar surface area (TPSA) is 152 Å². The number of aromatic nitrogens is 5. The fourth-order valence-electron chi connectivity index (χ4n) is 3.59. The zero-order chi connectivity index (χ0) is 28.8. The summed E-state index contributed by atoms with van der Waals surface area (Å²) in [5.74, 6) is -3.92. The number of anilines is 1. The van der Waals surface area contributed by atoms with Gasteiger partial charge in [0.1, 0.15) is 23.9 Å². The van der Waals surface area contributed by atoms with E-state index >= 15 is 0 Å². The van der Waals surface area contributed by atoms with Gasteiger partial charge in [-0.15, -0.1) is 15.3 Å². The fraction of sp³-hybridized carbons (Fsp3) is 0.429. The number of pyridine rings is 1. The third-order valence-electron chi connectivity index (χ3n) is 5.29. The van der Waals surface area contributed by atoms with Crippen LogP contribution in [0.15, 0.2) is 42.9 Å². The molecular weight excluding hydrogens is 546 g/mol. The molecule has 2 fully saturated rings. The summed E-state index contributed by atoms with van der Waals surface area (Å²) in [6, 6.07) is 9.63. The van der Waals surface area contributed by atoms with Gasteiger partial charge in [-0.1, -0.05) is 6.07 Å². The Morgan fingerprint density at radius 3 is 2.23 bits per heavy atom. The summed E-state index contributed by atoms with van der Waals surface area (Å²) in [5, 5.41) is 26.6. The van der Waals surface area contributed by atoms with E-state index in [0.717, 1.165) is 37.4 Å². The van der Waals surface area contributed by atoms with E-state index in [4.69, 9.17) is 29.3 Å². The lowest BCUT2D eigenvalue weighted by Gasteiger charge is -2.53. The molecule has 5 rings (SSSR count). The molecule has 0 amide bonds. The van der Waals surface area contributed by atoms with Crippen LogP contribution >= 0.6 is 0 Å². The molecule has 2 aliphatic heterocycles. The maximum Gasteiger partial charge on any atom is 0.490 e. The van der Waals surface area contributed by atoms with Gasteiger partial charge in [0, 0.05) is 25.1 Å². The van der Waals surface area contributed by atoms with E-state index in [1.54, 1.807) is 17.0 Å². The predicted octanol–water partition coefficient (Wildman–Crippen LogP) is 2.60. The van der Waals surface area contributed by atoms with Crippen molar-refractivity contribution in [1.82, 2.24) is 24.8 Å². The smallest absolute Gasteiger partial charge is 0.475 e. The van der Waals surface area contributed by atoms with Crippen molar-refractivity contribution in [3.8, 4) is 5.88 Å². The van der Waals surface area contributed by atoms with Crippen LogP contribution in [0.25, 0.3) is 5.65 Å². The number of alkyl halides is 6. The number of halogens is 6. The van der Waals surface area contributed by atoms with Crippen LogP contribution < -0.4 is 9.64 Å². The standard InChI is InChI=1S/C17H18N6O2.2C2HF3O2/c1-2-7-18-16(3-1)25-13-6-8-24-17(9-13)10-22(11-17)15-5-4-14-20-19-12-23(14)21-15;2*3-2(4,5)1(6)7/h1-5,7,12-13H,6,8-11H2;2*(H,6,7). The zero-order valence-corrected chi connectivity index (χ0v) is 19.6. The van der Waals surface area contributed by atoms with E-state index in [9.17, 15) is 26.3 Å². The average molecular weight is 566 g/mol. The Hall–Kier alpha value is -4.22. The highest BCUT2D eigenvalue weighted by atomic mass is 19.4. The summed E-state index contributed by atoms with van der Waals surface area (Å²) in [6.45, 7) is 2.34. The second kappa shape index (κ2) is 11.7. The van der Waals surface area contributed by atoms with Crippen molar-refractivity contribution < 1.29 is 55.6 Å². The van der Waals surface area contributed by atoms with Crippen molar-refractivity contribution in [1.29, 1.82) is 0 Å². The first-order chi connectivity index (χ1) is 18.2. The molecule has 212 valence electrons. The maximum absolute atomic E-state index is 10.6. The van der Waals surface area contributed by atoms with Crippen LogP contribution in [0, 0.1) is 0 Å². The summed E-state index contributed by atoms with van der Waals surface area (Å²) in [7, 11) is 0. The van der Waals surface area contributed by atoms with E-state index in [1.807, 2.05) is 30.3 Å². The lowest BCUT2D eigenvalue weighted by atomic mass is 9.84. The molecule has 12 nitrogen and oxygen atoms in total. The molecule has 2 N–H and O–H groups in total. The lowest BCUT2D eigenvalue weighted by molar-refractivity contribution is -0.193. The van der Waals surface area contributed by atoms with Gasteiger partial charge < -0.3 is 24.6 Å². The van der Waals surface area contributed by atoms with Crippen LogP contribution in [0.3, 0.4) is 0 Å². The molecule has 0 saturated carbocycles. The van der Waals surface area contributed by atoms with E-state index < -0.39 is 24.3 Å². The molecule has 3 aromatic rings. The summed E-state index contributed by atoms with van der Waals surface area (Å²) in [4.78, 5) is 24.3. The Kier molecular flexibility index (Phi) is 8.78. The van der Waals surface area contributed by atoms with E-state index in [2.05, 4.69) is 25.2 Å². The first-order valence-corrected chi connectivity index (χ1v) is 10.9. The first kappa shape index (κ1) is 29.3. The van der Waals surface area contributed by atoms with Crippen molar-refractivity contribution in [2.24, 2.45) is 0 Å². The van der Waals surface area contributed by atoms with Gasteiger partial charge in [0.05, 0.1) is 19.7 Å². The van der Waals surface area contributed by atoms with Gasteiger partial charge in [0.15, 0.2) is 5.65 Å². The molecule has 1 atom stereocenters. The average Bonchev–Trinajstić information content (AvgIpc) is 3.31. The van der Waals surface area contributed by atoms with Gasteiger partial charge in [0.2, 0.25) is 5.88 Å². The Morgan fingerprint density at radius 1 is 1.03 bits per heavy atom. The third-order valence-corrected chi connectivity index (χ3v) is 5.29. The Balaban J connectivity index is 0.000000251. The summed E-state index contributed by atoms with van der Waals surface area (Å²) in [6.07, 6.45) is -4.90. The molecule has 2 saturated heterocycles. The largest absolute Gasteiger partial charge is 0.490 e. The van der Waals surface area contributed by atoms with Crippen molar-refractivity contribution >= 4 is 23.4 Å². The number of hydrogen-bond donors (Lipinski definition) is 2. The van der Waals surface area contributed by atoms with Crippen LogP contribution in [-0.2, 0) is 14.3 Å². The number of ether oxygens (including phenoxy) is 2. The molecule has 0 radical (unpaired) electrons. The fourth-order valence-corrected chi connectivity index (χ4v) is 3.59. The van der Waals surface area contributed by atoms with Crippen molar-refractivity contribution in [2.75, 3.05) is 24.6 Å². The van der Waals surface area contributed by atoms with Crippen LogP contribution in [0.2, 0.25) is 0 Å². The van der Waals surface area contributed by atoms with Crippen LogP contribution in [0.5, 0.6) is 5.88 Å². The molecule has 1 unspecified atom stereocenters. The second-order valence-electron chi connectivity index (χ2n) is 8.22. The van der Waals surface area contributed by atoms with Crippen LogP contribution in [0.4, 0.5) is 32.2 Å². The van der Waals surface area contributed by atoms with Gasteiger partial charge in [-0.25, -0.2) is 14.6 Å². The molecule has 1 spiro atoms. The monoisotopic (exact) mass is 566 g/mol. The minimum atomic E-state index is -5.08. The predicted molar refractivity (Wildman–Crippen MR) is 117 cm³/mol. The quantitative estimate of drug-likeness (QED) is 0.450. The number of carboxylic acid groups (broad SMARTS) is 2. The number of fused-ring (bicyclic) bond motifs is 1. The lowest BCUT2D eigenvalue weighted by Crippen LogP contribution is -2.66. The number of aliphatic carboxylic acids is 2. The SMILES string of the molecule is O=C(O)C(F)(F)F.O=C(O)C(F)(F)F.c1ccc(OC2CCOC3(C2)CN(c2ccc4nncn4n2)C3)nc1. The maximum atomic E-state index is 10.6. The number of hydrogen-bond acceptors (Lipinski definition) is 9. The van der Waals surface area contributed by atoms with E-state index in [1.165, 1.54) is 0 Å². The molecule has 0 bridgehead atoms. The Bertz CT molecular complexity index is 1240. The van der Waals surface area contributed by atoms with Crippen LogP contribution in [-0.4, -0.2) is 90.7 Å². The van der Waals surface area contributed by atoms with Crippen molar-refractivity contribution in [3.63, 3.8) is 0 Å². The summed E-state index contributed by atoms with van der Waals surface area (Å²) < 4.78 is 77.3. The highest BCUT2D eigenvalue weighted by Crippen LogP contribution is 2.37. The molecular formula is C21H20F6N6O6.